The minimum Gasteiger partial charge on any atom is -1.00 e. The molecule has 0 spiro atoms. The van der Waals surface area contributed by atoms with Crippen LogP contribution in [0.5, 0.6) is 0 Å². The minimum atomic E-state index is -0.648. The van der Waals surface area contributed by atoms with Crippen LogP contribution in [0.3, 0.4) is 0 Å². The van der Waals surface area contributed by atoms with E-state index in [9.17, 15) is 19.2 Å². The van der Waals surface area contributed by atoms with E-state index in [1.807, 2.05) is 0 Å². The van der Waals surface area contributed by atoms with E-state index in [0.29, 0.717) is 6.61 Å². The molecule has 2 atom stereocenters. The van der Waals surface area contributed by atoms with Crippen molar-refractivity contribution in [1.29, 1.82) is 5.41 Å². The standard InChI is InChI=1S/C11H18N2O5.C9H18N2O3.C4H9NO3.CH2Cl2.ClH/c1-11(2,3)18-10(15)12-5-8-13-7(6-17-8)9(14)16-4;1-5-13-7(10)6-11-8(12)14-9(2,3)4;1-8-4(7)3(5)2-6;2-1-3;/h7H,5-6H2,1-4H3,(H,12,15);10H,5-6H2,1-4H3,(H,11,12);3,6H,2,5H2,1H3;1H2;1H. The summed E-state index contributed by atoms with van der Waals surface area (Å²) in [5.74, 6) is -0.621. The van der Waals surface area contributed by atoms with Crippen LogP contribution in [0.25, 0.3) is 0 Å². The van der Waals surface area contributed by atoms with Crippen molar-refractivity contribution in [3.63, 3.8) is 0 Å². The van der Waals surface area contributed by atoms with Gasteiger partial charge in [0.05, 0.1) is 39.3 Å². The summed E-state index contributed by atoms with van der Waals surface area (Å²) in [6.07, 6.45) is -1.10. The molecule has 19 heteroatoms. The molecule has 0 aromatic carbocycles. The summed E-state index contributed by atoms with van der Waals surface area (Å²) < 4.78 is 28.8. The average Bonchev–Trinajstić information content (AvgIpc) is 3.38. The molecule has 260 valence electrons. The molecule has 1 aliphatic rings. The van der Waals surface area contributed by atoms with Crippen molar-refractivity contribution in [3.05, 3.63) is 0 Å². The molecule has 2 unspecified atom stereocenters. The molecule has 2 amide bonds. The molecule has 0 fully saturated rings. The van der Waals surface area contributed by atoms with Gasteiger partial charge >= 0.3 is 24.1 Å². The number of ether oxygens (including phenoxy) is 6. The maximum Gasteiger partial charge on any atom is 0.408 e. The number of aliphatic imine (C=N–C) groups is 1. The van der Waals surface area contributed by atoms with Crippen LogP contribution in [-0.4, -0.2) is 117 Å². The number of hydrogen-bond donors (Lipinski definition) is 5. The molecule has 0 saturated carbocycles. The number of amides is 2. The normalized spacial score (nSPS) is 13.8. The van der Waals surface area contributed by atoms with Crippen LogP contribution in [0.1, 0.15) is 48.5 Å². The van der Waals surface area contributed by atoms with Crippen molar-refractivity contribution in [2.45, 2.75) is 71.8 Å². The maximum atomic E-state index is 11.4. The number of alkyl carbamates (subject to hydrolysis) is 2. The molecule has 0 saturated heterocycles. The largest absolute Gasteiger partial charge is 1.00 e. The highest BCUT2D eigenvalue weighted by Gasteiger charge is 2.27. The lowest BCUT2D eigenvalue weighted by molar-refractivity contribution is -0.413. The molecule has 0 aliphatic carbocycles. The van der Waals surface area contributed by atoms with E-state index >= 15 is 0 Å². The van der Waals surface area contributed by atoms with E-state index in [1.165, 1.54) is 14.2 Å². The van der Waals surface area contributed by atoms with Gasteiger partial charge in [-0.05, 0) is 48.5 Å². The van der Waals surface area contributed by atoms with E-state index in [0.717, 1.165) is 0 Å². The molecule has 7 N–H and O–H groups in total. The van der Waals surface area contributed by atoms with E-state index in [1.54, 1.807) is 48.5 Å². The first-order chi connectivity index (χ1) is 19.8. The Bertz CT molecular complexity index is 883. The molecule has 0 aromatic rings. The lowest BCUT2D eigenvalue weighted by Crippen LogP contribution is -3.00. The highest BCUT2D eigenvalue weighted by Crippen LogP contribution is 2.08. The predicted octanol–water partition coefficient (Wildman–Crippen LogP) is -1.81. The lowest BCUT2D eigenvalue weighted by Gasteiger charge is -2.19. The fourth-order valence-corrected chi connectivity index (χ4v) is 2.17. The molecule has 44 heavy (non-hydrogen) atoms. The van der Waals surface area contributed by atoms with Crippen LogP contribution in [0, 0.1) is 5.41 Å². The number of quaternary nitrogens is 1. The monoisotopic (exact) mass is 699 g/mol. The first-order valence-electron chi connectivity index (χ1n) is 12.8. The van der Waals surface area contributed by atoms with Gasteiger partial charge in [0.1, 0.15) is 24.4 Å². The van der Waals surface area contributed by atoms with E-state index in [4.69, 9.17) is 52.7 Å². The van der Waals surface area contributed by atoms with Gasteiger partial charge in [-0.3, -0.25) is 5.41 Å². The highest BCUT2D eigenvalue weighted by atomic mass is 35.5. The second kappa shape index (κ2) is 26.6. The van der Waals surface area contributed by atoms with Gasteiger partial charge < -0.3 is 62.3 Å². The smallest absolute Gasteiger partial charge is 0.408 e. The fraction of sp³-hybridized carbons (Fsp3) is 0.760. The van der Waals surface area contributed by atoms with E-state index in [-0.39, 0.29) is 55.8 Å². The highest BCUT2D eigenvalue weighted by molar-refractivity contribution is 6.40. The van der Waals surface area contributed by atoms with Crippen molar-refractivity contribution in [1.82, 2.24) is 10.6 Å². The van der Waals surface area contributed by atoms with Crippen molar-refractivity contribution in [3.8, 4) is 0 Å². The van der Waals surface area contributed by atoms with Gasteiger partial charge in [-0.2, -0.15) is 0 Å². The van der Waals surface area contributed by atoms with Crippen LogP contribution in [0.4, 0.5) is 9.59 Å². The van der Waals surface area contributed by atoms with Crippen molar-refractivity contribution in [2.24, 2.45) is 4.99 Å². The van der Waals surface area contributed by atoms with Crippen molar-refractivity contribution < 1.29 is 70.8 Å². The maximum absolute atomic E-state index is 11.4. The van der Waals surface area contributed by atoms with Crippen LogP contribution in [0.15, 0.2) is 4.99 Å². The Hall–Kier alpha value is -2.79. The van der Waals surface area contributed by atoms with Gasteiger partial charge in [0.15, 0.2) is 6.04 Å². The molecule has 1 heterocycles. The summed E-state index contributed by atoms with van der Waals surface area (Å²) in [5, 5.41) is 20.6. The number of esters is 2. The summed E-state index contributed by atoms with van der Waals surface area (Å²) in [7, 11) is 2.55. The van der Waals surface area contributed by atoms with Gasteiger partial charge in [0, 0.05) is 0 Å². The third-order valence-electron chi connectivity index (χ3n) is 3.83. The molecule has 16 nitrogen and oxygen atoms in total. The zero-order chi connectivity index (χ0) is 34.2. The number of alkyl halides is 2. The van der Waals surface area contributed by atoms with E-state index in [2.05, 4.69) is 30.8 Å². The first kappa shape index (κ1) is 48.1. The Labute approximate surface area is 274 Å². The number of aliphatic hydroxyl groups excluding tert-OH is 1. The SMILES string of the molecule is CCOC(=N)CNC(=O)OC(C)(C)C.COC(=O)C([NH3+])CO.COC(=O)C1COC(CNC(=O)OC(C)(C)C)=N1.ClCCl.[Cl-]. The first-order valence-corrected chi connectivity index (χ1v) is 13.9. The molecule has 0 bridgehead atoms. The summed E-state index contributed by atoms with van der Waals surface area (Å²) in [6.45, 7) is 12.9. The number of hydrogen-bond acceptors (Lipinski definition) is 13. The quantitative estimate of drug-likeness (QED) is 0.0623. The van der Waals surface area contributed by atoms with Gasteiger partial charge in [0.25, 0.3) is 0 Å². The topological polar surface area (TPSA) is 232 Å². The second-order valence-corrected chi connectivity index (χ2v) is 10.8. The van der Waals surface area contributed by atoms with E-state index < -0.39 is 47.4 Å². The van der Waals surface area contributed by atoms with Gasteiger partial charge in [-0.1, -0.05) is 0 Å². The zero-order valence-electron chi connectivity index (χ0n) is 26.7. The van der Waals surface area contributed by atoms with Crippen molar-refractivity contribution >= 4 is 59.1 Å². The van der Waals surface area contributed by atoms with Crippen LogP contribution in [0.2, 0.25) is 0 Å². The molecular formula is C25H48Cl3N5O11. The Kier molecular flexibility index (Phi) is 29.1. The number of nitrogens with one attached hydrogen (secondary N) is 3. The Morgan fingerprint density at radius 1 is 1.05 bits per heavy atom. The molecule has 0 aromatic heterocycles. The lowest BCUT2D eigenvalue weighted by atomic mass is 10.2. The number of aliphatic hydroxyl groups is 1. The van der Waals surface area contributed by atoms with Crippen LogP contribution in [-0.2, 0) is 38.0 Å². The number of carbonyl (C=O) groups excluding carboxylic acids is 4. The summed E-state index contributed by atoms with van der Waals surface area (Å²) in [5.41, 5.74) is 2.23. The second-order valence-electron chi connectivity index (χ2n) is 9.94. The van der Waals surface area contributed by atoms with Crippen molar-refractivity contribution in [2.75, 3.05) is 52.5 Å². The minimum absolute atomic E-state index is 0. The molecule has 1 rings (SSSR count). The number of nitrogens with zero attached hydrogens (tertiary/aromatic N) is 1. The fourth-order valence-electron chi connectivity index (χ4n) is 2.17. The Morgan fingerprint density at radius 3 is 1.89 bits per heavy atom. The van der Waals surface area contributed by atoms with Gasteiger partial charge in [-0.15, -0.1) is 23.2 Å². The molecule has 0 radical (unpaired) electrons. The predicted molar refractivity (Wildman–Crippen MR) is 159 cm³/mol. The summed E-state index contributed by atoms with van der Waals surface area (Å²) in [6, 6.07) is -1.29. The number of carbonyl (C=O) groups is 4. The third-order valence-corrected chi connectivity index (χ3v) is 3.83. The Morgan fingerprint density at radius 2 is 1.52 bits per heavy atom. The van der Waals surface area contributed by atoms with Crippen LogP contribution >= 0.6 is 23.2 Å². The molecule has 1 aliphatic heterocycles. The zero-order valence-corrected chi connectivity index (χ0v) is 29.0. The molecular weight excluding hydrogens is 653 g/mol. The van der Waals surface area contributed by atoms with Gasteiger partial charge in [-0.25, -0.2) is 24.2 Å². The average molecular weight is 701 g/mol. The van der Waals surface area contributed by atoms with Gasteiger partial charge in [0.2, 0.25) is 17.8 Å². The summed E-state index contributed by atoms with van der Waals surface area (Å²) in [4.78, 5) is 47.9. The summed E-state index contributed by atoms with van der Waals surface area (Å²) >= 11 is 9.53. The Balaban J connectivity index is -0.000000274. The number of halogens is 3. The number of rotatable bonds is 8. The van der Waals surface area contributed by atoms with Crippen LogP contribution < -0.4 is 28.8 Å². The third kappa shape index (κ3) is 30.7. The number of methoxy groups -OCH3 is 2.